The molecule has 0 aliphatic carbocycles. The number of hydrogen-bond acceptors (Lipinski definition) is 4. The van der Waals surface area contributed by atoms with Gasteiger partial charge in [-0.2, -0.15) is 0 Å². The maximum absolute atomic E-state index is 11.7. The fraction of sp³-hybridized carbons (Fsp3) is 0.385. The SMILES string of the molecule is CC(C)C(O)CNC(=O)/C=C/c1c(Cl)nc2sccn12. The van der Waals surface area contributed by atoms with E-state index in [4.69, 9.17) is 11.6 Å². The topological polar surface area (TPSA) is 66.6 Å². The number of imidazole rings is 1. The van der Waals surface area contributed by atoms with Crippen LogP contribution in [0.2, 0.25) is 5.15 Å². The minimum absolute atomic E-state index is 0.106. The summed E-state index contributed by atoms with van der Waals surface area (Å²) in [6.45, 7) is 4.02. The molecule has 0 bridgehead atoms. The van der Waals surface area contributed by atoms with Gasteiger partial charge in [0.1, 0.15) is 0 Å². The maximum Gasteiger partial charge on any atom is 0.244 e. The molecule has 108 valence electrons. The van der Waals surface area contributed by atoms with Crippen LogP contribution in [-0.2, 0) is 4.79 Å². The van der Waals surface area contributed by atoms with Crippen molar-refractivity contribution in [1.82, 2.24) is 14.7 Å². The van der Waals surface area contributed by atoms with E-state index in [0.29, 0.717) is 10.8 Å². The van der Waals surface area contributed by atoms with Gasteiger partial charge in [0.25, 0.3) is 0 Å². The summed E-state index contributed by atoms with van der Waals surface area (Å²) >= 11 is 7.49. The Bertz CT molecular complexity index is 633. The number of carbonyl (C=O) groups is 1. The summed E-state index contributed by atoms with van der Waals surface area (Å²) in [6, 6.07) is 0. The number of nitrogens with zero attached hydrogens (tertiary/aromatic N) is 2. The van der Waals surface area contributed by atoms with Gasteiger partial charge in [0.2, 0.25) is 5.91 Å². The Kier molecular flexibility index (Phi) is 4.80. The summed E-state index contributed by atoms with van der Waals surface area (Å²) in [6.07, 6.45) is 4.31. The van der Waals surface area contributed by atoms with Crippen LogP contribution in [0.5, 0.6) is 0 Å². The number of thiazole rings is 1. The van der Waals surface area contributed by atoms with Crippen LogP contribution in [0.3, 0.4) is 0 Å². The molecule has 1 amide bonds. The maximum atomic E-state index is 11.7. The molecule has 1 atom stereocenters. The average Bonchev–Trinajstić information content (AvgIpc) is 2.94. The number of aromatic nitrogens is 2. The zero-order chi connectivity index (χ0) is 14.7. The smallest absolute Gasteiger partial charge is 0.244 e. The van der Waals surface area contributed by atoms with Crippen LogP contribution in [0.4, 0.5) is 0 Å². The second-order valence-corrected chi connectivity index (χ2v) is 5.96. The second kappa shape index (κ2) is 6.39. The number of carbonyl (C=O) groups excluding carboxylic acids is 1. The van der Waals surface area contributed by atoms with E-state index < -0.39 is 6.10 Å². The van der Waals surface area contributed by atoms with Gasteiger partial charge in [-0.1, -0.05) is 25.4 Å². The molecule has 0 radical (unpaired) electrons. The molecule has 1 unspecified atom stereocenters. The third-order valence-electron chi connectivity index (χ3n) is 2.90. The lowest BCUT2D eigenvalue weighted by molar-refractivity contribution is -0.117. The molecule has 0 saturated heterocycles. The van der Waals surface area contributed by atoms with Crippen molar-refractivity contribution >= 4 is 39.9 Å². The highest BCUT2D eigenvalue weighted by atomic mass is 35.5. The van der Waals surface area contributed by atoms with Gasteiger partial charge in [0.15, 0.2) is 10.1 Å². The zero-order valence-corrected chi connectivity index (χ0v) is 12.8. The summed E-state index contributed by atoms with van der Waals surface area (Å²) < 4.78 is 1.82. The van der Waals surface area contributed by atoms with Gasteiger partial charge in [-0.05, 0) is 12.0 Å². The molecule has 2 aromatic heterocycles. The van der Waals surface area contributed by atoms with E-state index in [9.17, 15) is 9.90 Å². The Hall–Kier alpha value is -1.37. The van der Waals surface area contributed by atoms with Gasteiger partial charge in [0.05, 0.1) is 11.8 Å². The molecule has 20 heavy (non-hydrogen) atoms. The predicted octanol–water partition coefficient (Wildman–Crippen LogP) is 2.20. The number of halogens is 1. The van der Waals surface area contributed by atoms with Crippen LogP contribution >= 0.6 is 22.9 Å². The summed E-state index contributed by atoms with van der Waals surface area (Å²) in [7, 11) is 0. The van der Waals surface area contributed by atoms with E-state index in [1.807, 2.05) is 29.8 Å². The van der Waals surface area contributed by atoms with Crippen LogP contribution in [0.15, 0.2) is 17.7 Å². The van der Waals surface area contributed by atoms with Crippen LogP contribution in [0.1, 0.15) is 19.5 Å². The van der Waals surface area contributed by atoms with Gasteiger partial charge < -0.3 is 10.4 Å². The summed E-state index contributed by atoms with van der Waals surface area (Å²) in [5.41, 5.74) is 0.669. The molecule has 0 spiro atoms. The monoisotopic (exact) mass is 313 g/mol. The fourth-order valence-corrected chi connectivity index (χ4v) is 2.59. The van der Waals surface area contributed by atoms with Crippen LogP contribution in [-0.4, -0.2) is 33.0 Å². The quantitative estimate of drug-likeness (QED) is 0.832. The molecule has 5 nitrogen and oxygen atoms in total. The molecule has 2 aromatic rings. The molecule has 2 heterocycles. The molecule has 2 rings (SSSR count). The van der Waals surface area contributed by atoms with Crippen molar-refractivity contribution in [2.24, 2.45) is 5.92 Å². The van der Waals surface area contributed by atoms with E-state index in [2.05, 4.69) is 10.3 Å². The third-order valence-corrected chi connectivity index (χ3v) is 3.94. The predicted molar refractivity (Wildman–Crippen MR) is 81.0 cm³/mol. The van der Waals surface area contributed by atoms with E-state index in [-0.39, 0.29) is 18.4 Å². The number of aliphatic hydroxyl groups excluding tert-OH is 1. The van der Waals surface area contributed by atoms with Crippen molar-refractivity contribution in [2.75, 3.05) is 6.54 Å². The molecule has 0 saturated carbocycles. The molecule has 2 N–H and O–H groups in total. The zero-order valence-electron chi connectivity index (χ0n) is 11.2. The lowest BCUT2D eigenvalue weighted by Gasteiger charge is -2.13. The first-order chi connectivity index (χ1) is 9.49. The Labute approximate surface area is 125 Å². The normalized spacial score (nSPS) is 13.4. The molecule has 0 aliphatic rings. The van der Waals surface area contributed by atoms with Crippen LogP contribution < -0.4 is 5.32 Å². The standard InChI is InChI=1S/C13H16ClN3O2S/c1-8(2)10(18)7-15-11(19)4-3-9-12(14)16-13-17(9)5-6-20-13/h3-6,8,10,18H,7H2,1-2H3,(H,15,19)/b4-3+. The summed E-state index contributed by atoms with van der Waals surface area (Å²) in [4.78, 5) is 16.6. The van der Waals surface area contributed by atoms with E-state index in [1.54, 1.807) is 6.08 Å². The highest BCUT2D eigenvalue weighted by molar-refractivity contribution is 7.15. The van der Waals surface area contributed by atoms with Crippen molar-refractivity contribution in [3.8, 4) is 0 Å². The highest BCUT2D eigenvalue weighted by Gasteiger charge is 2.11. The molecule has 7 heteroatoms. The van der Waals surface area contributed by atoms with Crippen LogP contribution in [0, 0.1) is 5.92 Å². The van der Waals surface area contributed by atoms with Crippen molar-refractivity contribution in [3.05, 3.63) is 28.5 Å². The first-order valence-electron chi connectivity index (χ1n) is 6.24. The summed E-state index contributed by atoms with van der Waals surface area (Å²) in [5, 5.41) is 14.5. The van der Waals surface area contributed by atoms with E-state index in [0.717, 1.165) is 4.96 Å². The first-order valence-corrected chi connectivity index (χ1v) is 7.50. The molecular weight excluding hydrogens is 298 g/mol. The third kappa shape index (κ3) is 3.39. The molecule has 0 fully saturated rings. The Morgan fingerprint density at radius 1 is 1.65 bits per heavy atom. The minimum Gasteiger partial charge on any atom is -0.391 e. The Morgan fingerprint density at radius 2 is 2.40 bits per heavy atom. The van der Waals surface area contributed by atoms with Gasteiger partial charge in [0, 0.05) is 24.2 Å². The van der Waals surface area contributed by atoms with E-state index >= 15 is 0 Å². The van der Waals surface area contributed by atoms with Gasteiger partial charge in [-0.15, -0.1) is 11.3 Å². The second-order valence-electron chi connectivity index (χ2n) is 4.73. The molecular formula is C13H16ClN3O2S. The number of amides is 1. The van der Waals surface area contributed by atoms with Gasteiger partial charge in [-0.25, -0.2) is 4.98 Å². The Morgan fingerprint density at radius 3 is 3.10 bits per heavy atom. The van der Waals surface area contributed by atoms with Gasteiger partial charge >= 0.3 is 0 Å². The lowest BCUT2D eigenvalue weighted by atomic mass is 10.1. The van der Waals surface area contributed by atoms with Crippen molar-refractivity contribution in [1.29, 1.82) is 0 Å². The molecule has 0 aliphatic heterocycles. The van der Waals surface area contributed by atoms with E-state index in [1.165, 1.54) is 17.4 Å². The van der Waals surface area contributed by atoms with Crippen molar-refractivity contribution in [2.45, 2.75) is 20.0 Å². The minimum atomic E-state index is -0.547. The number of fused-ring (bicyclic) bond motifs is 1. The van der Waals surface area contributed by atoms with Crippen molar-refractivity contribution in [3.63, 3.8) is 0 Å². The fourth-order valence-electron chi connectivity index (χ4n) is 1.58. The average molecular weight is 314 g/mol. The van der Waals surface area contributed by atoms with Crippen molar-refractivity contribution < 1.29 is 9.90 Å². The van der Waals surface area contributed by atoms with Gasteiger partial charge in [-0.3, -0.25) is 9.20 Å². The lowest BCUT2D eigenvalue weighted by Crippen LogP contribution is -2.33. The number of nitrogens with one attached hydrogen (secondary N) is 1. The largest absolute Gasteiger partial charge is 0.391 e. The Balaban J connectivity index is 2.00. The number of hydrogen-bond donors (Lipinski definition) is 2. The number of rotatable bonds is 5. The number of aliphatic hydroxyl groups is 1. The summed E-state index contributed by atoms with van der Waals surface area (Å²) in [5.74, 6) is -0.167. The first kappa shape index (κ1) is 15.0. The van der Waals surface area contributed by atoms with Crippen LogP contribution in [0.25, 0.3) is 11.0 Å². The highest BCUT2D eigenvalue weighted by Crippen LogP contribution is 2.22. The molecule has 0 aromatic carbocycles.